The van der Waals surface area contributed by atoms with Crippen LogP contribution in [0, 0.1) is 0 Å². The summed E-state index contributed by atoms with van der Waals surface area (Å²) >= 11 is 11.4. The summed E-state index contributed by atoms with van der Waals surface area (Å²) in [6.07, 6.45) is 9.16. The van der Waals surface area contributed by atoms with Crippen LogP contribution in [-0.2, 0) is 32.2 Å². The van der Waals surface area contributed by atoms with Crippen molar-refractivity contribution in [1.29, 1.82) is 0 Å². The van der Waals surface area contributed by atoms with Crippen molar-refractivity contribution in [1.82, 2.24) is 19.8 Å². The number of aromatic nitrogens is 2. The molecule has 8 nitrogen and oxygen atoms in total. The topological polar surface area (TPSA) is 84.9 Å². The largest absolute Gasteiger partial charge is 0.456 e. The highest BCUT2D eigenvalue weighted by Gasteiger charge is 2.19. The summed E-state index contributed by atoms with van der Waals surface area (Å²) in [5.41, 5.74) is 2.89. The smallest absolute Gasteiger partial charge is 0.333 e. The fourth-order valence-corrected chi connectivity index (χ4v) is 3.31. The van der Waals surface area contributed by atoms with Crippen molar-refractivity contribution in [2.24, 2.45) is 0 Å². The Morgan fingerprint density at radius 1 is 0.778 bits per heavy atom. The third-order valence-electron chi connectivity index (χ3n) is 4.79. The maximum Gasteiger partial charge on any atom is 0.333 e. The zero-order valence-corrected chi connectivity index (χ0v) is 20.2. The van der Waals surface area contributed by atoms with Crippen LogP contribution in [0.5, 0.6) is 0 Å². The van der Waals surface area contributed by atoms with E-state index >= 15 is 0 Å². The maximum absolute atomic E-state index is 12.3. The highest BCUT2D eigenvalue weighted by atomic mass is 35.5. The molecule has 2 aromatic heterocycles. The van der Waals surface area contributed by atoms with Crippen molar-refractivity contribution < 1.29 is 27.8 Å². The highest BCUT2D eigenvalue weighted by molar-refractivity contribution is 6.29. The maximum atomic E-state index is 12.3. The molecule has 0 aliphatic carbocycles. The first-order valence-electron chi connectivity index (χ1n) is 10.4. The van der Waals surface area contributed by atoms with Gasteiger partial charge in [-0.3, -0.25) is 0 Å². The molecule has 2 aromatic rings. The second-order valence-corrected chi connectivity index (χ2v) is 8.05. The molecule has 188 valence electrons. The monoisotopic (exact) mass is 536 g/mol. The van der Waals surface area contributed by atoms with E-state index in [-0.39, 0.29) is 13.2 Å². The molecule has 4 rings (SSSR count). The van der Waals surface area contributed by atoms with Crippen LogP contribution in [0.15, 0.2) is 85.3 Å². The number of rotatable bonds is 8. The summed E-state index contributed by atoms with van der Waals surface area (Å²) in [7, 11) is 0. The zero-order valence-electron chi connectivity index (χ0n) is 18.7. The first-order valence-corrected chi connectivity index (χ1v) is 11.2. The van der Waals surface area contributed by atoms with Crippen LogP contribution in [0.3, 0.4) is 0 Å². The molecule has 0 unspecified atom stereocenters. The van der Waals surface area contributed by atoms with E-state index in [2.05, 4.69) is 9.97 Å². The number of ether oxygens (including phenoxy) is 2. The van der Waals surface area contributed by atoms with Gasteiger partial charge < -0.3 is 19.3 Å². The Labute approximate surface area is 215 Å². The normalized spacial score (nSPS) is 14.8. The number of cyclic esters (lactones) is 2. The molecule has 0 spiro atoms. The number of pyridine rings is 2. The number of nitrogens with zero attached hydrogens (tertiary/aromatic N) is 4. The number of hydrogen-bond donors (Lipinski definition) is 0. The number of hydrogen-bond acceptors (Lipinski definition) is 8. The van der Waals surface area contributed by atoms with E-state index in [1.54, 1.807) is 46.5 Å². The minimum atomic E-state index is -0.420. The molecule has 12 heteroatoms. The van der Waals surface area contributed by atoms with E-state index in [0.717, 1.165) is 11.1 Å². The van der Waals surface area contributed by atoms with Crippen LogP contribution >= 0.6 is 23.2 Å². The van der Waals surface area contributed by atoms with Crippen molar-refractivity contribution in [2.75, 3.05) is 13.2 Å². The molecule has 0 saturated heterocycles. The lowest BCUT2D eigenvalue weighted by Gasteiger charge is -2.19. The summed E-state index contributed by atoms with van der Waals surface area (Å²) in [6, 6.07) is 6.87. The van der Waals surface area contributed by atoms with Gasteiger partial charge in [-0.1, -0.05) is 35.3 Å². The van der Waals surface area contributed by atoms with Crippen molar-refractivity contribution in [3.8, 4) is 0 Å². The quantitative estimate of drug-likeness (QED) is 0.350. The minimum Gasteiger partial charge on any atom is -0.456 e. The van der Waals surface area contributed by atoms with Gasteiger partial charge in [-0.2, -0.15) is 0 Å². The van der Waals surface area contributed by atoms with E-state index in [0.29, 0.717) is 47.4 Å². The number of esters is 2. The molecular weight excluding hydrogens is 517 g/mol. The standard InChI is InChI=1S/2C12H10ClFN2O2/c2*13-11-2-1-9(6-15-11)7-16(4-3-14)10-5-12(17)18-8-10/h2*1-6H,7-8H2/b4-3+;4-3-. The molecule has 0 bridgehead atoms. The van der Waals surface area contributed by atoms with Crippen molar-refractivity contribution in [2.45, 2.75) is 13.1 Å². The lowest BCUT2D eigenvalue weighted by molar-refractivity contribution is -0.135. The van der Waals surface area contributed by atoms with E-state index in [9.17, 15) is 18.4 Å². The Hall–Kier alpha value is -3.76. The SMILES string of the molecule is O=C1C=C(N(/C=C/F)Cc2ccc(Cl)nc2)CO1.O=C1C=C(N(/C=C\F)Cc2ccc(Cl)nc2)CO1. The predicted octanol–water partition coefficient (Wildman–Crippen LogP) is 4.84. The first kappa shape index (κ1) is 26.8. The Bertz CT molecular complexity index is 1090. The van der Waals surface area contributed by atoms with Gasteiger partial charge in [-0.15, -0.1) is 0 Å². The van der Waals surface area contributed by atoms with Gasteiger partial charge in [0.15, 0.2) is 0 Å². The van der Waals surface area contributed by atoms with E-state index in [1.807, 2.05) is 0 Å². The van der Waals surface area contributed by atoms with Gasteiger partial charge in [0, 0.05) is 50.0 Å². The molecule has 0 atom stereocenters. The second kappa shape index (κ2) is 13.4. The number of carbonyl (C=O) groups excluding carboxylic acids is 2. The Morgan fingerprint density at radius 3 is 1.47 bits per heavy atom. The second-order valence-electron chi connectivity index (χ2n) is 7.27. The molecule has 0 fully saturated rings. The third-order valence-corrected chi connectivity index (χ3v) is 5.23. The Morgan fingerprint density at radius 2 is 1.19 bits per heavy atom. The fraction of sp³-hybridized carbons (Fsp3) is 0.167. The summed E-state index contributed by atoms with van der Waals surface area (Å²) in [5.74, 6) is -0.840. The molecule has 0 N–H and O–H groups in total. The summed E-state index contributed by atoms with van der Waals surface area (Å²) < 4.78 is 34.3. The average molecular weight is 537 g/mol. The van der Waals surface area contributed by atoms with Crippen molar-refractivity contribution in [3.63, 3.8) is 0 Å². The lowest BCUT2D eigenvalue weighted by Crippen LogP contribution is -2.17. The predicted molar refractivity (Wildman–Crippen MR) is 128 cm³/mol. The van der Waals surface area contributed by atoms with Gasteiger partial charge in [-0.25, -0.2) is 28.3 Å². The molecule has 0 aromatic carbocycles. The van der Waals surface area contributed by atoms with Gasteiger partial charge in [-0.05, 0) is 23.3 Å². The van der Waals surface area contributed by atoms with Gasteiger partial charge in [0.2, 0.25) is 0 Å². The van der Waals surface area contributed by atoms with E-state index < -0.39 is 11.9 Å². The molecule has 0 radical (unpaired) electrons. The van der Waals surface area contributed by atoms with Gasteiger partial charge in [0.25, 0.3) is 0 Å². The molecule has 2 aliphatic heterocycles. The number of halogens is 4. The zero-order chi connectivity index (χ0) is 25.9. The summed E-state index contributed by atoms with van der Waals surface area (Å²) in [6.45, 7) is 1.05. The first-order chi connectivity index (χ1) is 17.4. The Kier molecular flexibility index (Phi) is 9.96. The lowest BCUT2D eigenvalue weighted by atomic mass is 10.2. The number of carbonyl (C=O) groups is 2. The molecule has 0 saturated carbocycles. The van der Waals surface area contributed by atoms with E-state index in [4.69, 9.17) is 32.7 Å². The average Bonchev–Trinajstić information content (AvgIpc) is 3.50. The van der Waals surface area contributed by atoms with Gasteiger partial charge in [0.1, 0.15) is 36.2 Å². The summed E-state index contributed by atoms with van der Waals surface area (Å²) in [4.78, 5) is 33.0. The Balaban J connectivity index is 0.000000201. The van der Waals surface area contributed by atoms with Gasteiger partial charge in [0.05, 0.1) is 11.4 Å². The van der Waals surface area contributed by atoms with Crippen LogP contribution in [0.4, 0.5) is 8.78 Å². The fourth-order valence-electron chi connectivity index (χ4n) is 3.09. The van der Waals surface area contributed by atoms with Crippen LogP contribution in [-0.4, -0.2) is 44.9 Å². The minimum absolute atomic E-state index is 0.143. The molecule has 4 heterocycles. The van der Waals surface area contributed by atoms with Crippen LogP contribution in [0.25, 0.3) is 0 Å². The van der Waals surface area contributed by atoms with Crippen molar-refractivity contribution in [3.05, 3.63) is 107 Å². The molecule has 36 heavy (non-hydrogen) atoms. The van der Waals surface area contributed by atoms with E-state index in [1.165, 1.54) is 24.6 Å². The van der Waals surface area contributed by atoms with Crippen LogP contribution in [0.2, 0.25) is 10.3 Å². The summed E-state index contributed by atoms with van der Waals surface area (Å²) in [5, 5.41) is 0.787. The van der Waals surface area contributed by atoms with Crippen LogP contribution in [0.1, 0.15) is 11.1 Å². The molecule has 0 amide bonds. The highest BCUT2D eigenvalue weighted by Crippen LogP contribution is 2.18. The molecule has 2 aliphatic rings. The van der Waals surface area contributed by atoms with Crippen LogP contribution < -0.4 is 0 Å². The third kappa shape index (κ3) is 8.17. The van der Waals surface area contributed by atoms with Gasteiger partial charge >= 0.3 is 11.9 Å². The van der Waals surface area contributed by atoms with Crippen molar-refractivity contribution >= 4 is 35.1 Å². The molecular formula is C24H20Cl2F2N4O4.